The third kappa shape index (κ3) is 2.73. The molecule has 1 aromatic rings. The Kier molecular flexibility index (Phi) is 4.06. The molecule has 1 amide bonds. The maximum atomic E-state index is 11.8. The number of rotatable bonds is 3. The molecule has 0 aromatic heterocycles. The minimum absolute atomic E-state index is 0.0370. The Morgan fingerprint density at radius 1 is 1.10 bits per heavy atom. The Bertz CT molecular complexity index is 464. The van der Waals surface area contributed by atoms with Crippen LogP contribution < -0.4 is 10.6 Å². The van der Waals surface area contributed by atoms with E-state index in [1.165, 1.54) is 30.4 Å². The van der Waals surface area contributed by atoms with Gasteiger partial charge in [-0.05, 0) is 55.2 Å². The molecule has 3 rings (SSSR count). The number of nitrogens with one attached hydrogen (secondary N) is 2. The van der Waals surface area contributed by atoms with Crippen molar-refractivity contribution in [3.63, 3.8) is 0 Å². The standard InChI is InChI=1S/C17H24N2O/c1-18-17(20)16-11-15(9-10-19-16)14-7-5-13(6-8-14)12-3-2-4-12/h5-8,12,15-16,19H,2-4,9-11H2,1H3,(H,18,20). The van der Waals surface area contributed by atoms with Crippen molar-refractivity contribution < 1.29 is 4.79 Å². The second kappa shape index (κ2) is 5.96. The predicted octanol–water partition coefficient (Wildman–Crippen LogP) is 2.54. The number of hydrogen-bond donors (Lipinski definition) is 2. The van der Waals surface area contributed by atoms with Gasteiger partial charge in [-0.3, -0.25) is 4.79 Å². The van der Waals surface area contributed by atoms with E-state index in [1.807, 2.05) is 0 Å². The number of carbonyl (C=O) groups excluding carboxylic acids is 1. The van der Waals surface area contributed by atoms with Crippen molar-refractivity contribution >= 4 is 5.91 Å². The molecule has 2 N–H and O–H groups in total. The summed E-state index contributed by atoms with van der Waals surface area (Å²) in [5, 5.41) is 6.05. The van der Waals surface area contributed by atoms with Crippen LogP contribution in [-0.4, -0.2) is 25.5 Å². The zero-order valence-corrected chi connectivity index (χ0v) is 12.2. The third-order valence-corrected chi connectivity index (χ3v) is 4.95. The summed E-state index contributed by atoms with van der Waals surface area (Å²) in [6.45, 7) is 0.924. The second-order valence-corrected chi connectivity index (χ2v) is 6.14. The minimum atomic E-state index is -0.0370. The summed E-state index contributed by atoms with van der Waals surface area (Å²) in [5.41, 5.74) is 2.89. The van der Waals surface area contributed by atoms with Gasteiger partial charge in [0.2, 0.25) is 5.91 Å². The molecule has 2 atom stereocenters. The zero-order chi connectivity index (χ0) is 13.9. The van der Waals surface area contributed by atoms with Crippen molar-refractivity contribution in [3.8, 4) is 0 Å². The molecule has 1 saturated carbocycles. The molecule has 20 heavy (non-hydrogen) atoms. The summed E-state index contributed by atoms with van der Waals surface area (Å²) in [6.07, 6.45) is 6.12. The van der Waals surface area contributed by atoms with Crippen LogP contribution in [0.25, 0.3) is 0 Å². The van der Waals surface area contributed by atoms with Crippen LogP contribution in [0.4, 0.5) is 0 Å². The predicted molar refractivity (Wildman–Crippen MR) is 80.9 cm³/mol. The number of piperidine rings is 1. The van der Waals surface area contributed by atoms with Crippen molar-refractivity contribution in [1.82, 2.24) is 10.6 Å². The van der Waals surface area contributed by atoms with Gasteiger partial charge in [0.15, 0.2) is 0 Å². The number of carbonyl (C=O) groups is 1. The summed E-state index contributed by atoms with van der Waals surface area (Å²) >= 11 is 0. The monoisotopic (exact) mass is 272 g/mol. The fourth-order valence-corrected chi connectivity index (χ4v) is 3.38. The molecule has 0 bridgehead atoms. The first-order valence-corrected chi connectivity index (χ1v) is 7.82. The quantitative estimate of drug-likeness (QED) is 0.888. The van der Waals surface area contributed by atoms with Crippen LogP contribution in [0.15, 0.2) is 24.3 Å². The average Bonchev–Trinajstić information content (AvgIpc) is 2.45. The van der Waals surface area contributed by atoms with Gasteiger partial charge in [-0.25, -0.2) is 0 Å². The molecule has 108 valence electrons. The molecule has 0 radical (unpaired) electrons. The molecule has 2 unspecified atom stereocenters. The van der Waals surface area contributed by atoms with Crippen LogP contribution in [0.1, 0.15) is 55.1 Å². The molecule has 1 saturated heterocycles. The van der Waals surface area contributed by atoms with E-state index >= 15 is 0 Å². The van der Waals surface area contributed by atoms with E-state index < -0.39 is 0 Å². The lowest BCUT2D eigenvalue weighted by Gasteiger charge is -2.30. The molecule has 1 aliphatic heterocycles. The van der Waals surface area contributed by atoms with Crippen LogP contribution >= 0.6 is 0 Å². The lowest BCUT2D eigenvalue weighted by Crippen LogP contribution is -2.47. The third-order valence-electron chi connectivity index (χ3n) is 4.95. The lowest BCUT2D eigenvalue weighted by molar-refractivity contribution is -0.123. The highest BCUT2D eigenvalue weighted by Gasteiger charge is 2.27. The van der Waals surface area contributed by atoms with Crippen LogP contribution in [0.5, 0.6) is 0 Å². The summed E-state index contributed by atoms with van der Waals surface area (Å²) < 4.78 is 0. The first-order chi connectivity index (χ1) is 9.78. The van der Waals surface area contributed by atoms with Crippen LogP contribution in [0.3, 0.4) is 0 Å². The van der Waals surface area contributed by atoms with Crippen molar-refractivity contribution in [3.05, 3.63) is 35.4 Å². The number of hydrogen-bond acceptors (Lipinski definition) is 2. The molecular weight excluding hydrogens is 248 g/mol. The van der Waals surface area contributed by atoms with Crippen molar-refractivity contribution in [2.75, 3.05) is 13.6 Å². The summed E-state index contributed by atoms with van der Waals surface area (Å²) in [7, 11) is 1.71. The fourth-order valence-electron chi connectivity index (χ4n) is 3.38. The molecule has 0 spiro atoms. The number of likely N-dealkylation sites (N-methyl/N-ethyl adjacent to an activating group) is 1. The highest BCUT2D eigenvalue weighted by Crippen LogP contribution is 2.37. The van der Waals surface area contributed by atoms with Crippen LogP contribution in [0, 0.1) is 0 Å². The lowest BCUT2D eigenvalue weighted by atomic mass is 9.79. The Balaban J connectivity index is 1.67. The highest BCUT2D eigenvalue weighted by atomic mass is 16.2. The van der Waals surface area contributed by atoms with Gasteiger partial charge in [0, 0.05) is 7.05 Å². The van der Waals surface area contributed by atoms with Gasteiger partial charge in [0.25, 0.3) is 0 Å². The van der Waals surface area contributed by atoms with E-state index in [-0.39, 0.29) is 11.9 Å². The molecule has 2 aliphatic rings. The van der Waals surface area contributed by atoms with E-state index in [9.17, 15) is 4.79 Å². The summed E-state index contributed by atoms with van der Waals surface area (Å²) in [5.74, 6) is 1.42. The maximum absolute atomic E-state index is 11.8. The average molecular weight is 272 g/mol. The van der Waals surface area contributed by atoms with E-state index in [0.717, 1.165) is 25.3 Å². The van der Waals surface area contributed by atoms with Gasteiger partial charge >= 0.3 is 0 Å². The van der Waals surface area contributed by atoms with Gasteiger partial charge in [-0.15, -0.1) is 0 Å². The van der Waals surface area contributed by atoms with Crippen molar-refractivity contribution in [2.45, 2.75) is 50.0 Å². The first kappa shape index (κ1) is 13.6. The van der Waals surface area contributed by atoms with Gasteiger partial charge in [0.1, 0.15) is 0 Å². The Morgan fingerprint density at radius 3 is 2.30 bits per heavy atom. The molecule has 1 aromatic carbocycles. The van der Waals surface area contributed by atoms with Gasteiger partial charge in [-0.2, -0.15) is 0 Å². The SMILES string of the molecule is CNC(=O)C1CC(c2ccc(C3CCC3)cc2)CCN1. The topological polar surface area (TPSA) is 41.1 Å². The number of benzene rings is 1. The minimum Gasteiger partial charge on any atom is -0.358 e. The summed E-state index contributed by atoms with van der Waals surface area (Å²) in [4.78, 5) is 11.8. The zero-order valence-electron chi connectivity index (χ0n) is 12.2. The highest BCUT2D eigenvalue weighted by molar-refractivity contribution is 5.81. The second-order valence-electron chi connectivity index (χ2n) is 6.14. The molecule has 3 heteroatoms. The van der Waals surface area contributed by atoms with E-state index in [2.05, 4.69) is 34.9 Å². The van der Waals surface area contributed by atoms with E-state index in [1.54, 1.807) is 7.05 Å². The first-order valence-electron chi connectivity index (χ1n) is 7.82. The van der Waals surface area contributed by atoms with Crippen LogP contribution in [-0.2, 0) is 4.79 Å². The normalized spacial score (nSPS) is 26.9. The largest absolute Gasteiger partial charge is 0.358 e. The van der Waals surface area contributed by atoms with Crippen LogP contribution in [0.2, 0.25) is 0 Å². The van der Waals surface area contributed by atoms with E-state index in [4.69, 9.17) is 0 Å². The fraction of sp³-hybridized carbons (Fsp3) is 0.588. The molecule has 2 fully saturated rings. The Hall–Kier alpha value is -1.35. The van der Waals surface area contributed by atoms with Gasteiger partial charge in [-0.1, -0.05) is 30.7 Å². The molecule has 1 aliphatic carbocycles. The van der Waals surface area contributed by atoms with Gasteiger partial charge < -0.3 is 10.6 Å². The smallest absolute Gasteiger partial charge is 0.236 e. The van der Waals surface area contributed by atoms with E-state index in [0.29, 0.717) is 5.92 Å². The number of amides is 1. The molecule has 3 nitrogen and oxygen atoms in total. The van der Waals surface area contributed by atoms with Crippen molar-refractivity contribution in [1.29, 1.82) is 0 Å². The Morgan fingerprint density at radius 2 is 1.75 bits per heavy atom. The summed E-state index contributed by atoms with van der Waals surface area (Å²) in [6, 6.07) is 9.13. The van der Waals surface area contributed by atoms with Gasteiger partial charge in [0.05, 0.1) is 6.04 Å². The molecule has 1 heterocycles. The maximum Gasteiger partial charge on any atom is 0.236 e. The molecular formula is C17H24N2O. The van der Waals surface area contributed by atoms with Crippen molar-refractivity contribution in [2.24, 2.45) is 0 Å². The Labute approximate surface area is 121 Å².